The molecule has 0 bridgehead atoms. The van der Waals surface area contributed by atoms with Gasteiger partial charge in [-0.2, -0.15) is 0 Å². The monoisotopic (exact) mass is 721 g/mol. The van der Waals surface area contributed by atoms with Gasteiger partial charge in [0.05, 0.1) is 28.5 Å². The first-order valence-corrected chi connectivity index (χ1v) is 16.7. The van der Waals surface area contributed by atoms with E-state index in [9.17, 15) is 9.59 Å². The van der Waals surface area contributed by atoms with E-state index in [0.29, 0.717) is 33.0 Å². The van der Waals surface area contributed by atoms with Crippen LogP contribution in [0, 0.1) is 10.5 Å². The van der Waals surface area contributed by atoms with Gasteiger partial charge in [0.25, 0.3) is 5.56 Å². The number of carbonyl (C=O) groups is 1. The Morgan fingerprint density at radius 2 is 1.73 bits per heavy atom. The number of carbonyl (C=O) groups excluding carboxylic acids is 1. The Labute approximate surface area is 275 Å². The summed E-state index contributed by atoms with van der Waals surface area (Å²) in [5.41, 5.74) is 5.53. The summed E-state index contributed by atoms with van der Waals surface area (Å²) in [6.07, 6.45) is 1.87. The molecule has 2 heterocycles. The molecule has 0 fully saturated rings. The normalized spacial score (nSPS) is 14.7. The summed E-state index contributed by atoms with van der Waals surface area (Å²) in [5, 5.41) is 0. The van der Waals surface area contributed by atoms with E-state index in [2.05, 4.69) is 71.7 Å². The molecule has 44 heavy (non-hydrogen) atoms. The molecule has 4 aromatic rings. The third-order valence-corrected chi connectivity index (χ3v) is 9.33. The number of hydrogen-bond donors (Lipinski definition) is 0. The van der Waals surface area contributed by atoms with E-state index in [0.717, 1.165) is 44.6 Å². The van der Waals surface area contributed by atoms with E-state index >= 15 is 0 Å². The zero-order valence-electron chi connectivity index (χ0n) is 25.6. The first-order valence-electron chi connectivity index (χ1n) is 14.8. The van der Waals surface area contributed by atoms with Crippen LogP contribution in [0.2, 0.25) is 0 Å². The highest BCUT2D eigenvalue weighted by atomic mass is 127. The van der Waals surface area contributed by atoms with Crippen molar-refractivity contribution in [3.05, 3.63) is 124 Å². The molecule has 0 saturated heterocycles. The molecule has 0 unspecified atom stereocenters. The van der Waals surface area contributed by atoms with Gasteiger partial charge in [-0.25, -0.2) is 9.79 Å². The molecule has 0 amide bonds. The zero-order valence-corrected chi connectivity index (χ0v) is 28.6. The molecule has 1 aliphatic rings. The molecule has 1 aliphatic heterocycles. The van der Waals surface area contributed by atoms with Crippen molar-refractivity contribution >= 4 is 51.7 Å². The summed E-state index contributed by atoms with van der Waals surface area (Å²) >= 11 is 3.60. The third-order valence-electron chi connectivity index (χ3n) is 7.63. The Morgan fingerprint density at radius 1 is 1.02 bits per heavy atom. The number of hydrogen-bond acceptors (Lipinski definition) is 7. The molecule has 3 aromatic carbocycles. The van der Waals surface area contributed by atoms with Crippen molar-refractivity contribution in [3.8, 4) is 5.75 Å². The van der Waals surface area contributed by atoms with Crippen molar-refractivity contribution in [2.24, 2.45) is 4.99 Å². The number of rotatable bonds is 10. The molecule has 7 nitrogen and oxygen atoms in total. The number of aromatic nitrogens is 1. The number of anilines is 1. The van der Waals surface area contributed by atoms with Crippen LogP contribution in [-0.4, -0.2) is 30.2 Å². The van der Waals surface area contributed by atoms with Gasteiger partial charge in [0.15, 0.2) is 4.80 Å². The minimum atomic E-state index is -0.644. The Bertz CT molecular complexity index is 1870. The predicted molar refractivity (Wildman–Crippen MR) is 185 cm³/mol. The molecule has 9 heteroatoms. The summed E-state index contributed by atoms with van der Waals surface area (Å²) in [7, 11) is 0. The van der Waals surface area contributed by atoms with E-state index in [1.807, 2.05) is 49.4 Å². The SMILES string of the molecule is CCOC(=O)C1=C(C)N=c2s/c(=C\c3ccc(N(CC)CC)cc3OCc3ccc(I)cc3)c(=O)n2[C@@H]1c1ccc(C)cc1. The van der Waals surface area contributed by atoms with Gasteiger partial charge in [0.1, 0.15) is 12.4 Å². The van der Waals surface area contributed by atoms with Crippen LogP contribution in [0.5, 0.6) is 5.75 Å². The second kappa shape index (κ2) is 13.9. The van der Waals surface area contributed by atoms with Crippen LogP contribution in [0.4, 0.5) is 5.69 Å². The van der Waals surface area contributed by atoms with E-state index in [-0.39, 0.29) is 12.2 Å². The number of benzene rings is 3. The van der Waals surface area contributed by atoms with Gasteiger partial charge in [-0.1, -0.05) is 53.3 Å². The zero-order chi connectivity index (χ0) is 31.4. The smallest absolute Gasteiger partial charge is 0.338 e. The van der Waals surface area contributed by atoms with Crippen molar-refractivity contribution in [1.29, 1.82) is 0 Å². The number of esters is 1. The Morgan fingerprint density at radius 3 is 2.39 bits per heavy atom. The second-order valence-electron chi connectivity index (χ2n) is 10.5. The van der Waals surface area contributed by atoms with Gasteiger partial charge < -0.3 is 14.4 Å². The van der Waals surface area contributed by atoms with Gasteiger partial charge in [0.2, 0.25) is 0 Å². The van der Waals surface area contributed by atoms with Crippen molar-refractivity contribution in [1.82, 2.24) is 4.57 Å². The van der Waals surface area contributed by atoms with E-state index < -0.39 is 12.0 Å². The van der Waals surface area contributed by atoms with Gasteiger partial charge in [0, 0.05) is 34.0 Å². The molecule has 0 aliphatic carbocycles. The van der Waals surface area contributed by atoms with Crippen LogP contribution < -0.4 is 24.5 Å². The first kappa shape index (κ1) is 31.7. The van der Waals surface area contributed by atoms with Gasteiger partial charge in [-0.15, -0.1) is 0 Å². The molecule has 0 spiro atoms. The maximum Gasteiger partial charge on any atom is 0.338 e. The van der Waals surface area contributed by atoms with Crippen molar-refractivity contribution < 1.29 is 14.3 Å². The number of nitrogens with zero attached hydrogens (tertiary/aromatic N) is 3. The Kier molecular flexibility index (Phi) is 10.1. The molecular formula is C35H36IN3O4S. The number of thiazole rings is 1. The molecule has 0 radical (unpaired) electrons. The number of aryl methyl sites for hydroxylation is 1. The highest BCUT2D eigenvalue weighted by Crippen LogP contribution is 2.31. The lowest BCUT2D eigenvalue weighted by molar-refractivity contribution is -0.139. The summed E-state index contributed by atoms with van der Waals surface area (Å²) < 4.78 is 15.1. The van der Waals surface area contributed by atoms with Crippen LogP contribution in [0.3, 0.4) is 0 Å². The molecule has 0 saturated carbocycles. The number of fused-ring (bicyclic) bond motifs is 1. The lowest BCUT2D eigenvalue weighted by atomic mass is 9.95. The summed E-state index contributed by atoms with van der Waals surface area (Å²) in [6.45, 7) is 12.2. The van der Waals surface area contributed by atoms with Gasteiger partial charge >= 0.3 is 5.97 Å². The first-order chi connectivity index (χ1) is 21.2. The van der Waals surface area contributed by atoms with Crippen LogP contribution in [-0.2, 0) is 16.1 Å². The largest absolute Gasteiger partial charge is 0.488 e. The number of ether oxygens (including phenoxy) is 2. The fourth-order valence-corrected chi connectivity index (χ4v) is 6.69. The predicted octanol–water partition coefficient (Wildman–Crippen LogP) is 6.14. The van der Waals surface area contributed by atoms with Crippen molar-refractivity contribution in [3.63, 3.8) is 0 Å². The summed E-state index contributed by atoms with van der Waals surface area (Å²) in [5.74, 6) is 0.226. The lowest BCUT2D eigenvalue weighted by Crippen LogP contribution is -2.39. The molecular weight excluding hydrogens is 685 g/mol. The maximum atomic E-state index is 14.1. The minimum absolute atomic E-state index is 0.218. The fraction of sp³-hybridized carbons (Fsp3) is 0.286. The fourth-order valence-electron chi connectivity index (χ4n) is 5.29. The number of halogens is 1. The molecule has 1 atom stereocenters. The lowest BCUT2D eigenvalue weighted by Gasteiger charge is -2.24. The highest BCUT2D eigenvalue weighted by molar-refractivity contribution is 14.1. The topological polar surface area (TPSA) is 73.1 Å². The van der Waals surface area contributed by atoms with Crippen molar-refractivity contribution in [2.75, 3.05) is 24.6 Å². The van der Waals surface area contributed by atoms with E-state index in [4.69, 9.17) is 14.5 Å². The van der Waals surface area contributed by atoms with Crippen LogP contribution in [0.1, 0.15) is 56.0 Å². The van der Waals surface area contributed by atoms with Gasteiger partial charge in [-0.05, 0) is 98.7 Å². The van der Waals surface area contributed by atoms with Crippen molar-refractivity contribution in [2.45, 2.75) is 47.3 Å². The second-order valence-corrected chi connectivity index (χ2v) is 12.8. The van der Waals surface area contributed by atoms with Crippen LogP contribution in [0.15, 0.2) is 87.8 Å². The third kappa shape index (κ3) is 6.68. The van der Waals surface area contributed by atoms with E-state index in [1.165, 1.54) is 11.3 Å². The molecule has 228 valence electrons. The highest BCUT2D eigenvalue weighted by Gasteiger charge is 2.33. The maximum absolute atomic E-state index is 14.1. The summed E-state index contributed by atoms with van der Waals surface area (Å²) in [6, 6.07) is 21.6. The van der Waals surface area contributed by atoms with Crippen LogP contribution >= 0.6 is 33.9 Å². The molecule has 5 rings (SSSR count). The van der Waals surface area contributed by atoms with Crippen LogP contribution in [0.25, 0.3) is 6.08 Å². The summed E-state index contributed by atoms with van der Waals surface area (Å²) in [4.78, 5) is 34.8. The standard InChI is InChI=1S/C35H36IN3O4S/c1-6-38(7-2)28-18-15-26(29(20-28)43-21-24-11-16-27(36)17-12-24)19-30-33(40)39-32(25-13-9-22(4)10-14-25)31(34(41)42-8-3)23(5)37-35(39)44-30/h9-20,32H,6-8,21H2,1-5H3/b30-19-/t32-/m1/s1. The minimum Gasteiger partial charge on any atom is -0.488 e. The average molecular weight is 722 g/mol. The average Bonchev–Trinajstić information content (AvgIpc) is 3.32. The molecule has 0 N–H and O–H groups in total. The van der Waals surface area contributed by atoms with Gasteiger partial charge in [-0.3, -0.25) is 9.36 Å². The van der Waals surface area contributed by atoms with E-state index in [1.54, 1.807) is 18.4 Å². The number of allylic oxidation sites excluding steroid dienone is 1. The molecule has 1 aromatic heterocycles. The Hall–Kier alpha value is -3.70. The quantitative estimate of drug-likeness (QED) is 0.146. The Balaban J connectivity index is 1.63.